The second-order valence-corrected chi connectivity index (χ2v) is 10.2. The second kappa shape index (κ2) is 8.33. The van der Waals surface area contributed by atoms with Crippen LogP contribution < -0.4 is 9.47 Å². The van der Waals surface area contributed by atoms with E-state index in [2.05, 4.69) is 25.8 Å². The summed E-state index contributed by atoms with van der Waals surface area (Å²) in [6, 6.07) is 8.14. The van der Waals surface area contributed by atoms with Gasteiger partial charge in [0.15, 0.2) is 15.5 Å². The molecule has 2 aromatic heterocycles. The number of carbonyl (C=O) groups excluding carboxylic acids is 1. The first-order valence-electron chi connectivity index (χ1n) is 9.28. The van der Waals surface area contributed by atoms with Gasteiger partial charge in [0.2, 0.25) is 12.4 Å². The zero-order chi connectivity index (χ0) is 24.0. The highest BCUT2D eigenvalue weighted by Gasteiger charge is 2.33. The predicted octanol–water partition coefficient (Wildman–Crippen LogP) is 2.55. The van der Waals surface area contributed by atoms with E-state index in [-0.39, 0.29) is 33.7 Å². The predicted molar refractivity (Wildman–Crippen MR) is 110 cm³/mol. The molecule has 3 heterocycles. The first-order valence-corrected chi connectivity index (χ1v) is 11.9. The van der Waals surface area contributed by atoms with E-state index < -0.39 is 33.7 Å². The molecule has 174 valence electrons. The Morgan fingerprint density at radius 1 is 1.24 bits per heavy atom. The van der Waals surface area contributed by atoms with Crippen LogP contribution in [0, 0.1) is 0 Å². The fraction of sp³-hybridized carbons (Fsp3) is 0.211. The maximum atomic E-state index is 12.9. The highest BCUT2D eigenvalue weighted by atomic mass is 79.9. The van der Waals surface area contributed by atoms with E-state index in [0.717, 1.165) is 21.8 Å². The van der Waals surface area contributed by atoms with Gasteiger partial charge in [0.1, 0.15) is 17.3 Å². The van der Waals surface area contributed by atoms with E-state index in [1.54, 1.807) is 6.07 Å². The molecule has 4 rings (SSSR count). The van der Waals surface area contributed by atoms with Crippen molar-refractivity contribution in [2.75, 3.05) is 18.2 Å². The molecule has 0 unspecified atom stereocenters. The van der Waals surface area contributed by atoms with E-state index in [1.165, 1.54) is 35.3 Å². The van der Waals surface area contributed by atoms with Crippen LogP contribution >= 0.6 is 15.9 Å². The number of carbonyl (C=O) groups is 1. The zero-order valence-corrected chi connectivity index (χ0v) is 18.9. The summed E-state index contributed by atoms with van der Waals surface area (Å²) in [4.78, 5) is 14.0. The maximum Gasteiger partial charge on any atom is 0.573 e. The van der Waals surface area contributed by atoms with Gasteiger partial charge in [0.25, 0.3) is 5.91 Å². The molecule has 14 heteroatoms. The van der Waals surface area contributed by atoms with Crippen molar-refractivity contribution in [3.05, 3.63) is 59.0 Å². The van der Waals surface area contributed by atoms with E-state index >= 15 is 0 Å². The Labute approximate surface area is 193 Å². The minimum Gasteiger partial charge on any atom is -0.406 e. The fourth-order valence-electron chi connectivity index (χ4n) is 3.31. The number of aromatic nitrogens is 3. The van der Waals surface area contributed by atoms with Gasteiger partial charge in [0.05, 0.1) is 11.4 Å². The van der Waals surface area contributed by atoms with Crippen LogP contribution in [0.15, 0.2) is 53.3 Å². The van der Waals surface area contributed by atoms with Crippen LogP contribution in [0.2, 0.25) is 0 Å². The molecule has 1 N–H and O–H groups in total. The fourth-order valence-corrected chi connectivity index (χ4v) is 5.13. The van der Waals surface area contributed by atoms with Crippen molar-refractivity contribution >= 4 is 31.7 Å². The average molecular weight is 548 g/mol. The van der Waals surface area contributed by atoms with Crippen LogP contribution in [0.1, 0.15) is 10.5 Å². The molecule has 0 radical (unpaired) electrons. The molecule has 1 amide bonds. The molecule has 1 saturated heterocycles. The number of halogens is 4. The summed E-state index contributed by atoms with van der Waals surface area (Å²) in [5.41, 5.74) is 0.604. The Bertz CT molecular complexity index is 1340. The van der Waals surface area contributed by atoms with Crippen LogP contribution in [0.4, 0.5) is 13.2 Å². The van der Waals surface area contributed by atoms with Gasteiger partial charge in [-0.05, 0) is 30.3 Å². The molecule has 3 aromatic rings. The number of alkyl halides is 3. The molecule has 0 atom stereocenters. The normalized spacial score (nSPS) is 15.6. The average Bonchev–Trinajstić information content (AvgIpc) is 3.29. The lowest BCUT2D eigenvalue weighted by Crippen LogP contribution is -2.30. The van der Waals surface area contributed by atoms with Gasteiger partial charge in [-0.1, -0.05) is 15.9 Å². The van der Waals surface area contributed by atoms with Crippen molar-refractivity contribution in [1.82, 2.24) is 14.7 Å². The summed E-state index contributed by atoms with van der Waals surface area (Å²) in [6.45, 7) is 0.00575. The Balaban J connectivity index is 1.83. The third-order valence-electron chi connectivity index (χ3n) is 4.66. The molecule has 0 spiro atoms. The molecule has 9 nitrogen and oxygen atoms in total. The SMILES string of the molecule is O=C(c1cc(-c2cc(Br)cc(OC(F)(F)F)c2)n(-c2ccc[n+](O)c2)n1)N1CCS(=O)(=O)C1. The molecular weight excluding hydrogens is 533 g/mol. The molecule has 1 aliphatic heterocycles. The van der Waals surface area contributed by atoms with Crippen LogP contribution in [0.3, 0.4) is 0 Å². The standard InChI is InChI=1S/C19H15BrF3N4O5S/c20-13-6-12(7-15(8-13)32-19(21,22)23)17-9-16(18(28)25-4-5-33(30,31)11-25)24-27(17)14-2-1-3-26(29)10-14/h1-3,6-10,29H,4-5,11H2/q+1. The Kier molecular flexibility index (Phi) is 5.82. The summed E-state index contributed by atoms with van der Waals surface area (Å²) in [6.07, 6.45) is -2.30. The van der Waals surface area contributed by atoms with Crippen molar-refractivity contribution < 1.29 is 41.1 Å². The second-order valence-electron chi connectivity index (χ2n) is 7.14. The highest BCUT2D eigenvalue weighted by Crippen LogP contribution is 2.33. The quantitative estimate of drug-likeness (QED) is 0.397. The summed E-state index contributed by atoms with van der Waals surface area (Å²) in [5, 5.41) is 14.0. The molecule has 1 aromatic carbocycles. The van der Waals surface area contributed by atoms with E-state index in [0.29, 0.717) is 5.69 Å². The lowest BCUT2D eigenvalue weighted by atomic mass is 10.1. The summed E-state index contributed by atoms with van der Waals surface area (Å²) in [5.74, 6) is -1.76. The number of benzene rings is 1. The lowest BCUT2D eigenvalue weighted by molar-refractivity contribution is -0.904. The van der Waals surface area contributed by atoms with Gasteiger partial charge in [-0.25, -0.2) is 13.1 Å². The number of hydrogen-bond donors (Lipinski definition) is 1. The summed E-state index contributed by atoms with van der Waals surface area (Å²) in [7, 11) is -3.39. The van der Waals surface area contributed by atoms with Gasteiger partial charge in [-0.2, -0.15) is 5.10 Å². The minimum atomic E-state index is -4.91. The Hall–Kier alpha value is -3.13. The van der Waals surface area contributed by atoms with Crippen molar-refractivity contribution in [1.29, 1.82) is 0 Å². The minimum absolute atomic E-state index is 0.00575. The molecular formula is C19H15BrF3N4O5S+. The smallest absolute Gasteiger partial charge is 0.406 e. The van der Waals surface area contributed by atoms with Crippen molar-refractivity contribution in [3.8, 4) is 22.7 Å². The number of ether oxygens (including phenoxy) is 1. The highest BCUT2D eigenvalue weighted by molar-refractivity contribution is 9.10. The topological polar surface area (TPSA) is 106 Å². The third kappa shape index (κ3) is 5.27. The molecule has 0 bridgehead atoms. The number of nitrogens with zero attached hydrogens (tertiary/aromatic N) is 4. The molecule has 33 heavy (non-hydrogen) atoms. The van der Waals surface area contributed by atoms with Gasteiger partial charge in [-0.15, -0.1) is 13.2 Å². The van der Waals surface area contributed by atoms with Crippen molar-refractivity contribution in [2.24, 2.45) is 0 Å². The largest absolute Gasteiger partial charge is 0.573 e. The number of amides is 1. The van der Waals surface area contributed by atoms with E-state index in [1.807, 2.05) is 0 Å². The summed E-state index contributed by atoms with van der Waals surface area (Å²) >= 11 is 3.15. The first-order chi connectivity index (χ1) is 15.4. The molecule has 0 saturated carbocycles. The molecule has 1 aliphatic rings. The lowest BCUT2D eigenvalue weighted by Gasteiger charge is -2.12. The number of rotatable bonds is 4. The summed E-state index contributed by atoms with van der Waals surface area (Å²) < 4.78 is 68.1. The molecule has 0 aliphatic carbocycles. The monoisotopic (exact) mass is 547 g/mol. The van der Waals surface area contributed by atoms with Gasteiger partial charge in [0, 0.05) is 27.4 Å². The first kappa shape index (κ1) is 23.0. The van der Waals surface area contributed by atoms with Crippen LogP contribution in [0.25, 0.3) is 16.9 Å². The van der Waals surface area contributed by atoms with Crippen LogP contribution in [-0.4, -0.2) is 58.7 Å². The number of hydrogen-bond acceptors (Lipinski definition) is 6. The van der Waals surface area contributed by atoms with Gasteiger partial charge in [-0.3, -0.25) is 10.0 Å². The number of pyridine rings is 1. The maximum absolute atomic E-state index is 12.9. The van der Waals surface area contributed by atoms with Crippen LogP contribution in [0.5, 0.6) is 5.75 Å². The zero-order valence-electron chi connectivity index (χ0n) is 16.5. The molecule has 1 fully saturated rings. The van der Waals surface area contributed by atoms with E-state index in [9.17, 15) is 31.6 Å². The number of sulfone groups is 1. The Morgan fingerprint density at radius 3 is 2.64 bits per heavy atom. The van der Waals surface area contributed by atoms with Gasteiger partial charge >= 0.3 is 6.36 Å². The van der Waals surface area contributed by atoms with Gasteiger partial charge < -0.3 is 9.64 Å². The van der Waals surface area contributed by atoms with Crippen molar-refractivity contribution in [2.45, 2.75) is 6.36 Å². The third-order valence-corrected chi connectivity index (χ3v) is 6.62. The van der Waals surface area contributed by atoms with Crippen LogP contribution in [-0.2, 0) is 9.84 Å². The van der Waals surface area contributed by atoms with Crippen molar-refractivity contribution in [3.63, 3.8) is 0 Å². The Morgan fingerprint density at radius 2 is 2.00 bits per heavy atom. The van der Waals surface area contributed by atoms with E-state index in [4.69, 9.17) is 0 Å².